The zero-order valence-corrected chi connectivity index (χ0v) is 21.6. The Balaban J connectivity index is 1.69. The third-order valence-electron chi connectivity index (χ3n) is 5.87. The van der Waals surface area contributed by atoms with Gasteiger partial charge in [-0.05, 0) is 69.2 Å². The van der Waals surface area contributed by atoms with Crippen LogP contribution < -0.4 is 10.6 Å². The lowest BCUT2D eigenvalue weighted by Gasteiger charge is -2.16. The molecule has 0 fully saturated rings. The highest BCUT2D eigenvalue weighted by Crippen LogP contribution is 2.31. The van der Waals surface area contributed by atoms with Crippen LogP contribution in [0.3, 0.4) is 0 Å². The second-order valence-electron chi connectivity index (χ2n) is 8.43. The Bertz CT molecular complexity index is 1270. The highest BCUT2D eigenvalue weighted by Gasteiger charge is 2.37. The van der Waals surface area contributed by atoms with Crippen LogP contribution in [0.25, 0.3) is 6.08 Å². The summed E-state index contributed by atoms with van der Waals surface area (Å²) >= 11 is 0. The van der Waals surface area contributed by atoms with Crippen molar-refractivity contribution in [1.29, 1.82) is 0 Å². The number of hydrogen-bond acceptors (Lipinski definition) is 7. The molecule has 2 aromatic rings. The molecule has 10 nitrogen and oxygen atoms in total. The van der Waals surface area contributed by atoms with E-state index in [0.29, 0.717) is 29.5 Å². The quantitative estimate of drug-likeness (QED) is 0.302. The number of furan rings is 1. The van der Waals surface area contributed by atoms with E-state index in [-0.39, 0.29) is 36.7 Å². The molecule has 1 aromatic carbocycles. The van der Waals surface area contributed by atoms with Crippen molar-refractivity contribution >= 4 is 35.5 Å². The average molecular weight is 510 g/mol. The fourth-order valence-electron chi connectivity index (χ4n) is 3.75. The standard InChI is InChI=1S/C27H31N3O7/c1-6-36-27(34)23-18(4)30(11-12-35-5)26(33)22(23)14-20-9-10-21(37-20)15-28-24(31)25(32)29-19-8-7-16(2)17(3)13-19/h7-10,13-14H,6,11-12,15H2,1-5H3,(H,28,31)(H,29,32)/b22-14+. The molecule has 0 radical (unpaired) electrons. The smallest absolute Gasteiger partial charge is 0.340 e. The predicted octanol–water partition coefficient (Wildman–Crippen LogP) is 2.86. The van der Waals surface area contributed by atoms with Crippen molar-refractivity contribution in [2.75, 3.05) is 32.2 Å². The first kappa shape index (κ1) is 27.4. The third kappa shape index (κ3) is 6.53. The van der Waals surface area contributed by atoms with E-state index >= 15 is 0 Å². The van der Waals surface area contributed by atoms with Gasteiger partial charge in [0.15, 0.2) is 0 Å². The van der Waals surface area contributed by atoms with Gasteiger partial charge in [-0.3, -0.25) is 14.4 Å². The Kier molecular flexibility index (Phi) is 9.02. The topological polar surface area (TPSA) is 127 Å². The zero-order valence-electron chi connectivity index (χ0n) is 21.6. The van der Waals surface area contributed by atoms with E-state index in [9.17, 15) is 19.2 Å². The lowest BCUT2D eigenvalue weighted by Crippen LogP contribution is -2.34. The summed E-state index contributed by atoms with van der Waals surface area (Å²) in [6.07, 6.45) is 1.46. The van der Waals surface area contributed by atoms with Crippen molar-refractivity contribution in [1.82, 2.24) is 10.2 Å². The van der Waals surface area contributed by atoms with Gasteiger partial charge in [-0.2, -0.15) is 0 Å². The summed E-state index contributed by atoms with van der Waals surface area (Å²) in [7, 11) is 1.53. The van der Waals surface area contributed by atoms with E-state index in [4.69, 9.17) is 13.9 Å². The van der Waals surface area contributed by atoms with Crippen molar-refractivity contribution in [2.24, 2.45) is 0 Å². The maximum Gasteiger partial charge on any atom is 0.340 e. The molecule has 1 aromatic heterocycles. The highest BCUT2D eigenvalue weighted by molar-refractivity contribution is 6.39. The van der Waals surface area contributed by atoms with Gasteiger partial charge < -0.3 is 29.4 Å². The number of amides is 3. The molecule has 2 heterocycles. The number of carbonyl (C=O) groups is 4. The lowest BCUT2D eigenvalue weighted by atomic mass is 10.1. The normalized spacial score (nSPS) is 14.4. The van der Waals surface area contributed by atoms with Crippen LogP contribution in [0.4, 0.5) is 5.69 Å². The Morgan fingerprint density at radius 3 is 2.49 bits per heavy atom. The van der Waals surface area contributed by atoms with Crippen LogP contribution in [0.15, 0.2) is 51.6 Å². The second-order valence-corrected chi connectivity index (χ2v) is 8.43. The number of allylic oxidation sites excluding steroid dienone is 1. The molecule has 0 aliphatic carbocycles. The van der Waals surface area contributed by atoms with Crippen LogP contribution in [0.1, 0.15) is 36.5 Å². The number of methoxy groups -OCH3 is 1. The first-order chi connectivity index (χ1) is 17.7. The molecule has 0 saturated carbocycles. The summed E-state index contributed by atoms with van der Waals surface area (Å²) in [5, 5.41) is 5.07. The van der Waals surface area contributed by atoms with Crippen molar-refractivity contribution in [2.45, 2.75) is 34.2 Å². The summed E-state index contributed by atoms with van der Waals surface area (Å²) in [6, 6.07) is 8.58. The number of ether oxygens (including phenoxy) is 2. The number of nitrogens with zero attached hydrogens (tertiary/aromatic N) is 1. The minimum atomic E-state index is -0.822. The Hall–Kier alpha value is -4.18. The van der Waals surface area contributed by atoms with Crippen LogP contribution in [-0.2, 0) is 35.2 Å². The van der Waals surface area contributed by atoms with E-state index in [1.165, 1.54) is 18.1 Å². The minimum absolute atomic E-state index is 0.0458. The number of hydrogen-bond donors (Lipinski definition) is 2. The number of anilines is 1. The highest BCUT2D eigenvalue weighted by atomic mass is 16.5. The van der Waals surface area contributed by atoms with Gasteiger partial charge in [0.05, 0.1) is 30.9 Å². The predicted molar refractivity (Wildman–Crippen MR) is 136 cm³/mol. The molecule has 0 atom stereocenters. The van der Waals surface area contributed by atoms with Gasteiger partial charge in [-0.15, -0.1) is 0 Å². The molecule has 10 heteroatoms. The summed E-state index contributed by atoms with van der Waals surface area (Å²) in [4.78, 5) is 51.6. The van der Waals surface area contributed by atoms with Gasteiger partial charge >= 0.3 is 17.8 Å². The molecule has 3 amide bonds. The number of carbonyl (C=O) groups excluding carboxylic acids is 4. The Morgan fingerprint density at radius 1 is 1.05 bits per heavy atom. The fraction of sp³-hybridized carbons (Fsp3) is 0.333. The van der Waals surface area contributed by atoms with Gasteiger partial charge in [0.25, 0.3) is 5.91 Å². The third-order valence-corrected chi connectivity index (χ3v) is 5.87. The van der Waals surface area contributed by atoms with E-state index in [1.807, 2.05) is 19.9 Å². The molecular formula is C27H31N3O7. The van der Waals surface area contributed by atoms with E-state index in [1.54, 1.807) is 38.1 Å². The molecule has 3 rings (SSSR count). The molecule has 1 aliphatic heterocycles. The van der Waals surface area contributed by atoms with E-state index in [2.05, 4.69) is 10.6 Å². The van der Waals surface area contributed by atoms with Crippen molar-refractivity contribution < 1.29 is 33.1 Å². The SMILES string of the molecule is CCOC(=O)C1=C(C)N(CCOC)C(=O)/C1=C/c1ccc(CNC(=O)C(=O)Nc2ccc(C)c(C)c2)o1. The monoisotopic (exact) mass is 509 g/mol. The number of benzene rings is 1. The first-order valence-corrected chi connectivity index (χ1v) is 11.8. The number of esters is 1. The molecule has 0 bridgehead atoms. The summed E-state index contributed by atoms with van der Waals surface area (Å²) in [5.74, 6) is -1.93. The number of aryl methyl sites for hydroxylation is 2. The number of nitrogens with one attached hydrogen (secondary N) is 2. The molecule has 0 saturated heterocycles. The molecular weight excluding hydrogens is 478 g/mol. The summed E-state index contributed by atoms with van der Waals surface area (Å²) in [5.41, 5.74) is 3.38. The molecule has 37 heavy (non-hydrogen) atoms. The van der Waals surface area contributed by atoms with Gasteiger partial charge in [-0.25, -0.2) is 4.79 Å². The summed E-state index contributed by atoms with van der Waals surface area (Å²) < 4.78 is 15.9. The van der Waals surface area contributed by atoms with Crippen LogP contribution in [0, 0.1) is 13.8 Å². The molecule has 1 aliphatic rings. The van der Waals surface area contributed by atoms with Gasteiger partial charge in [-0.1, -0.05) is 6.07 Å². The second kappa shape index (κ2) is 12.2. The van der Waals surface area contributed by atoms with Crippen molar-refractivity contribution in [3.05, 3.63) is 69.8 Å². The first-order valence-electron chi connectivity index (χ1n) is 11.8. The summed E-state index contributed by atoms with van der Waals surface area (Å²) in [6.45, 7) is 7.93. The molecule has 0 unspecified atom stereocenters. The molecule has 2 N–H and O–H groups in total. The maximum atomic E-state index is 13.0. The Morgan fingerprint density at radius 2 is 1.81 bits per heavy atom. The van der Waals surface area contributed by atoms with Gasteiger partial charge in [0, 0.05) is 25.0 Å². The van der Waals surface area contributed by atoms with Crippen molar-refractivity contribution in [3.8, 4) is 0 Å². The molecule has 0 spiro atoms. The van der Waals surface area contributed by atoms with Crippen LogP contribution in [0.5, 0.6) is 0 Å². The van der Waals surface area contributed by atoms with Crippen LogP contribution >= 0.6 is 0 Å². The minimum Gasteiger partial charge on any atom is -0.462 e. The molecule has 196 valence electrons. The lowest BCUT2D eigenvalue weighted by molar-refractivity contribution is -0.138. The van der Waals surface area contributed by atoms with Crippen LogP contribution in [0.2, 0.25) is 0 Å². The van der Waals surface area contributed by atoms with E-state index < -0.39 is 17.8 Å². The number of rotatable bonds is 9. The largest absolute Gasteiger partial charge is 0.462 e. The van der Waals surface area contributed by atoms with Crippen LogP contribution in [-0.4, -0.2) is 55.5 Å². The zero-order chi connectivity index (χ0) is 27.1. The Labute approximate surface area is 215 Å². The fourth-order valence-corrected chi connectivity index (χ4v) is 3.75. The van der Waals surface area contributed by atoms with Crippen molar-refractivity contribution in [3.63, 3.8) is 0 Å². The van der Waals surface area contributed by atoms with E-state index in [0.717, 1.165) is 11.1 Å². The average Bonchev–Trinajstić information content (AvgIpc) is 3.40. The van der Waals surface area contributed by atoms with Gasteiger partial charge in [0.2, 0.25) is 0 Å². The maximum absolute atomic E-state index is 13.0. The van der Waals surface area contributed by atoms with Gasteiger partial charge in [0.1, 0.15) is 11.5 Å².